The number of aromatic nitrogens is 2. The molecule has 1 fully saturated rings. The zero-order chi connectivity index (χ0) is 17.0. The quantitative estimate of drug-likeness (QED) is 0.840. The number of hydrogen-bond acceptors (Lipinski definition) is 4. The second-order valence-corrected chi connectivity index (χ2v) is 8.16. The highest BCUT2D eigenvalue weighted by Crippen LogP contribution is 2.12. The van der Waals surface area contributed by atoms with Crippen molar-refractivity contribution in [3.05, 3.63) is 54.1 Å². The van der Waals surface area contributed by atoms with Crippen molar-refractivity contribution in [1.29, 1.82) is 0 Å². The number of nitrogens with one attached hydrogen (secondary N) is 2. The highest BCUT2D eigenvalue weighted by molar-refractivity contribution is 7.91. The van der Waals surface area contributed by atoms with Gasteiger partial charge in [-0.25, -0.2) is 18.2 Å². The average Bonchev–Trinajstić information content (AvgIpc) is 3.16. The van der Waals surface area contributed by atoms with Crippen LogP contribution in [0.3, 0.4) is 0 Å². The molecule has 2 aromatic rings. The highest BCUT2D eigenvalue weighted by atomic mass is 32.2. The molecule has 0 aliphatic carbocycles. The second-order valence-electron chi connectivity index (χ2n) is 5.93. The number of sulfone groups is 1. The van der Waals surface area contributed by atoms with Crippen LogP contribution in [-0.2, 0) is 22.9 Å². The first-order valence-corrected chi connectivity index (χ1v) is 9.61. The van der Waals surface area contributed by atoms with E-state index in [1.165, 1.54) is 0 Å². The third kappa shape index (κ3) is 4.35. The maximum Gasteiger partial charge on any atom is 0.315 e. The maximum atomic E-state index is 12.0. The van der Waals surface area contributed by atoms with Crippen LogP contribution in [0.4, 0.5) is 4.79 Å². The number of carbonyl (C=O) groups is 1. The lowest BCUT2D eigenvalue weighted by atomic mass is 10.1. The highest BCUT2D eigenvalue weighted by Gasteiger charge is 2.28. The van der Waals surface area contributed by atoms with Gasteiger partial charge in [0.2, 0.25) is 0 Å². The summed E-state index contributed by atoms with van der Waals surface area (Å²) in [6.07, 6.45) is 5.84. The molecule has 2 heterocycles. The van der Waals surface area contributed by atoms with Crippen molar-refractivity contribution >= 4 is 15.9 Å². The summed E-state index contributed by atoms with van der Waals surface area (Å²) in [5, 5.41) is 5.53. The molecule has 1 aliphatic heterocycles. The molecule has 1 aromatic heterocycles. The number of imidazole rings is 1. The number of nitrogens with zero attached hydrogens (tertiary/aromatic N) is 2. The Labute approximate surface area is 141 Å². The molecule has 0 saturated carbocycles. The molecular formula is C16H20N4O3S. The zero-order valence-electron chi connectivity index (χ0n) is 13.2. The summed E-state index contributed by atoms with van der Waals surface area (Å²) in [4.78, 5) is 16.0. The van der Waals surface area contributed by atoms with E-state index in [1.807, 2.05) is 35.0 Å². The molecule has 0 spiro atoms. The van der Waals surface area contributed by atoms with Crippen LogP contribution in [-0.4, -0.2) is 41.5 Å². The third-order valence-corrected chi connectivity index (χ3v) is 5.81. The molecule has 128 valence electrons. The molecule has 0 radical (unpaired) electrons. The number of carbonyl (C=O) groups excluding carboxylic acids is 1. The fourth-order valence-electron chi connectivity index (χ4n) is 2.78. The first-order valence-electron chi connectivity index (χ1n) is 7.79. The minimum Gasteiger partial charge on any atom is -0.334 e. The summed E-state index contributed by atoms with van der Waals surface area (Å²) in [7, 11) is -3.00. The molecule has 1 aliphatic rings. The summed E-state index contributed by atoms with van der Waals surface area (Å²) >= 11 is 0. The van der Waals surface area contributed by atoms with E-state index in [0.29, 0.717) is 19.5 Å². The molecule has 8 heteroatoms. The van der Waals surface area contributed by atoms with Crippen molar-refractivity contribution in [2.45, 2.75) is 25.6 Å². The molecule has 2 amide bonds. The summed E-state index contributed by atoms with van der Waals surface area (Å²) < 4.78 is 24.8. The van der Waals surface area contributed by atoms with Crippen LogP contribution >= 0.6 is 0 Å². The summed E-state index contributed by atoms with van der Waals surface area (Å²) in [6.45, 7) is 1.07. The van der Waals surface area contributed by atoms with Crippen LogP contribution in [0.5, 0.6) is 0 Å². The Morgan fingerprint density at radius 2 is 2.08 bits per heavy atom. The summed E-state index contributed by atoms with van der Waals surface area (Å²) in [5.41, 5.74) is 2.11. The Bertz CT molecular complexity index is 802. The zero-order valence-corrected chi connectivity index (χ0v) is 14.0. The van der Waals surface area contributed by atoms with Crippen LogP contribution in [0, 0.1) is 0 Å². The molecular weight excluding hydrogens is 328 g/mol. The third-order valence-electron chi connectivity index (χ3n) is 4.04. The van der Waals surface area contributed by atoms with Crippen molar-refractivity contribution in [2.75, 3.05) is 11.5 Å². The normalized spacial score (nSPS) is 19.1. The number of urea groups is 1. The van der Waals surface area contributed by atoms with E-state index in [0.717, 1.165) is 11.1 Å². The largest absolute Gasteiger partial charge is 0.334 e. The van der Waals surface area contributed by atoms with Crippen molar-refractivity contribution in [2.24, 2.45) is 0 Å². The lowest BCUT2D eigenvalue weighted by Crippen LogP contribution is -2.42. The van der Waals surface area contributed by atoms with Crippen molar-refractivity contribution in [3.8, 4) is 0 Å². The van der Waals surface area contributed by atoms with Gasteiger partial charge in [-0.1, -0.05) is 24.3 Å². The Morgan fingerprint density at radius 1 is 1.29 bits per heavy atom. The minimum atomic E-state index is -3.00. The Hall–Kier alpha value is -2.35. The molecule has 0 unspecified atom stereocenters. The van der Waals surface area contributed by atoms with Gasteiger partial charge < -0.3 is 15.2 Å². The standard InChI is InChI=1S/C16H20N4O3S/c21-16(19-15-5-8-24(22,23)11-15)18-9-13-3-1-2-4-14(13)10-20-7-6-17-12-20/h1-4,6-7,12,15H,5,8-11H2,(H2,18,19,21)/t15-/m1/s1. The van der Waals surface area contributed by atoms with E-state index in [9.17, 15) is 13.2 Å². The van der Waals surface area contributed by atoms with E-state index < -0.39 is 9.84 Å². The average molecular weight is 348 g/mol. The minimum absolute atomic E-state index is 0.0254. The van der Waals surface area contributed by atoms with E-state index >= 15 is 0 Å². The van der Waals surface area contributed by atoms with Crippen molar-refractivity contribution < 1.29 is 13.2 Å². The molecule has 3 rings (SSSR count). The number of amides is 2. The van der Waals surface area contributed by atoms with Crippen LogP contribution in [0.15, 0.2) is 43.0 Å². The topological polar surface area (TPSA) is 93.1 Å². The van der Waals surface area contributed by atoms with Gasteiger partial charge in [-0.3, -0.25) is 0 Å². The SMILES string of the molecule is O=C(NCc1ccccc1Cn1ccnc1)N[C@@H]1CCS(=O)(=O)C1. The smallest absolute Gasteiger partial charge is 0.315 e. The van der Waals surface area contributed by atoms with Crippen LogP contribution < -0.4 is 10.6 Å². The number of benzene rings is 1. The van der Waals surface area contributed by atoms with Crippen LogP contribution in [0.1, 0.15) is 17.5 Å². The Balaban J connectivity index is 1.55. The number of rotatable bonds is 5. The molecule has 24 heavy (non-hydrogen) atoms. The Morgan fingerprint density at radius 3 is 2.75 bits per heavy atom. The van der Waals surface area contributed by atoms with Crippen LogP contribution in [0.2, 0.25) is 0 Å². The van der Waals surface area contributed by atoms with Gasteiger partial charge in [0, 0.05) is 31.5 Å². The predicted molar refractivity (Wildman–Crippen MR) is 90.2 cm³/mol. The van der Waals surface area contributed by atoms with Gasteiger partial charge in [0.1, 0.15) is 0 Å². The summed E-state index contributed by atoms with van der Waals surface area (Å²) in [5.74, 6) is 0.170. The molecule has 2 N–H and O–H groups in total. The van der Waals surface area contributed by atoms with E-state index in [-0.39, 0.29) is 23.6 Å². The molecule has 1 saturated heterocycles. The monoisotopic (exact) mass is 348 g/mol. The van der Waals surface area contributed by atoms with E-state index in [2.05, 4.69) is 15.6 Å². The lowest BCUT2D eigenvalue weighted by Gasteiger charge is -2.14. The van der Waals surface area contributed by atoms with E-state index in [4.69, 9.17) is 0 Å². The molecule has 1 atom stereocenters. The molecule has 7 nitrogen and oxygen atoms in total. The fraction of sp³-hybridized carbons (Fsp3) is 0.375. The lowest BCUT2D eigenvalue weighted by molar-refractivity contribution is 0.237. The van der Waals surface area contributed by atoms with Gasteiger partial charge in [-0.05, 0) is 17.5 Å². The first-order chi connectivity index (χ1) is 11.5. The molecule has 0 bridgehead atoms. The first kappa shape index (κ1) is 16.5. The van der Waals surface area contributed by atoms with Crippen LogP contribution in [0.25, 0.3) is 0 Å². The van der Waals surface area contributed by atoms with Crippen molar-refractivity contribution in [3.63, 3.8) is 0 Å². The summed E-state index contributed by atoms with van der Waals surface area (Å²) in [6, 6.07) is 7.23. The predicted octanol–water partition coefficient (Wildman–Crippen LogP) is 0.918. The molecule has 1 aromatic carbocycles. The van der Waals surface area contributed by atoms with Gasteiger partial charge in [-0.15, -0.1) is 0 Å². The van der Waals surface area contributed by atoms with Gasteiger partial charge >= 0.3 is 6.03 Å². The van der Waals surface area contributed by atoms with Gasteiger partial charge in [0.15, 0.2) is 9.84 Å². The van der Waals surface area contributed by atoms with E-state index in [1.54, 1.807) is 12.5 Å². The maximum absolute atomic E-state index is 12.0. The van der Waals surface area contributed by atoms with Gasteiger partial charge in [-0.2, -0.15) is 0 Å². The fourth-order valence-corrected chi connectivity index (χ4v) is 4.46. The van der Waals surface area contributed by atoms with Gasteiger partial charge in [0.05, 0.1) is 17.8 Å². The van der Waals surface area contributed by atoms with Crippen molar-refractivity contribution in [1.82, 2.24) is 20.2 Å². The number of hydrogen-bond donors (Lipinski definition) is 2. The Kier molecular flexibility index (Phi) is 4.84. The van der Waals surface area contributed by atoms with Gasteiger partial charge in [0.25, 0.3) is 0 Å². The second kappa shape index (κ2) is 7.04.